The van der Waals surface area contributed by atoms with Gasteiger partial charge in [-0.05, 0) is 12.1 Å². The summed E-state index contributed by atoms with van der Waals surface area (Å²) >= 11 is 0. The third-order valence-corrected chi connectivity index (χ3v) is 1.72. The minimum absolute atomic E-state index is 0.294. The Balaban J connectivity index is 2.30. The van der Waals surface area contributed by atoms with Crippen molar-refractivity contribution in [2.45, 2.75) is 0 Å². The highest BCUT2D eigenvalue weighted by atomic mass is 16.2. The van der Waals surface area contributed by atoms with Crippen molar-refractivity contribution in [2.24, 2.45) is 0 Å². The maximum absolute atomic E-state index is 11.0. The summed E-state index contributed by atoms with van der Waals surface area (Å²) in [6.07, 6.45) is 3.36. The van der Waals surface area contributed by atoms with Crippen LogP contribution in [0.1, 0.15) is 0 Å². The lowest BCUT2D eigenvalue weighted by atomic mass is 10.5. The average molecular weight is 191 g/mol. The van der Waals surface area contributed by atoms with Gasteiger partial charge in [0.25, 0.3) is 0 Å². The fourth-order valence-corrected chi connectivity index (χ4v) is 1.06. The van der Waals surface area contributed by atoms with Crippen molar-refractivity contribution in [3.63, 3.8) is 0 Å². The van der Waals surface area contributed by atoms with Crippen molar-refractivity contribution in [1.29, 1.82) is 0 Å². The number of carbonyl (C=O) groups is 1. The van der Waals surface area contributed by atoms with E-state index in [0.717, 1.165) is 5.65 Å². The Kier molecular flexibility index (Phi) is 2.02. The van der Waals surface area contributed by atoms with E-state index in [1.54, 1.807) is 36.1 Å². The van der Waals surface area contributed by atoms with E-state index in [1.165, 1.54) is 0 Å². The first kappa shape index (κ1) is 8.49. The predicted octanol–water partition coefficient (Wildman–Crippen LogP) is 0.481. The molecule has 2 aromatic rings. The normalized spacial score (nSPS) is 10.1. The van der Waals surface area contributed by atoms with Crippen LogP contribution in [0.4, 0.5) is 10.6 Å². The van der Waals surface area contributed by atoms with Crippen LogP contribution in [0.5, 0.6) is 0 Å². The van der Waals surface area contributed by atoms with Crippen molar-refractivity contribution in [1.82, 2.24) is 19.9 Å². The molecule has 2 rings (SSSR count). The van der Waals surface area contributed by atoms with Crippen molar-refractivity contribution < 1.29 is 4.79 Å². The van der Waals surface area contributed by atoms with E-state index in [4.69, 9.17) is 0 Å². The van der Waals surface area contributed by atoms with Gasteiger partial charge < -0.3 is 5.32 Å². The van der Waals surface area contributed by atoms with Crippen LogP contribution in [0.3, 0.4) is 0 Å². The molecule has 72 valence electrons. The summed E-state index contributed by atoms with van der Waals surface area (Å²) < 4.78 is 1.59. The molecule has 14 heavy (non-hydrogen) atoms. The second kappa shape index (κ2) is 3.33. The van der Waals surface area contributed by atoms with Crippen LogP contribution < -0.4 is 10.6 Å². The summed E-state index contributed by atoms with van der Waals surface area (Å²) in [5, 5.41) is 9.11. The van der Waals surface area contributed by atoms with Crippen LogP contribution in [-0.2, 0) is 0 Å². The Bertz CT molecular complexity index is 463. The molecule has 0 radical (unpaired) electrons. The number of anilines is 1. The van der Waals surface area contributed by atoms with Gasteiger partial charge in [0, 0.05) is 19.4 Å². The number of carbonyl (C=O) groups excluding carboxylic acids is 1. The highest BCUT2D eigenvalue weighted by Gasteiger charge is 2.01. The van der Waals surface area contributed by atoms with Gasteiger partial charge in [-0.3, -0.25) is 5.32 Å². The molecule has 0 fully saturated rings. The minimum Gasteiger partial charge on any atom is -0.341 e. The van der Waals surface area contributed by atoms with Gasteiger partial charge in [0.05, 0.1) is 0 Å². The number of aromatic nitrogens is 3. The predicted molar refractivity (Wildman–Crippen MR) is 51.1 cm³/mol. The molecule has 0 saturated heterocycles. The summed E-state index contributed by atoms with van der Waals surface area (Å²) in [4.78, 5) is 15.0. The van der Waals surface area contributed by atoms with E-state index in [0.29, 0.717) is 5.82 Å². The molecule has 0 aliphatic carbocycles. The van der Waals surface area contributed by atoms with E-state index < -0.39 is 0 Å². The van der Waals surface area contributed by atoms with Gasteiger partial charge in [-0.25, -0.2) is 14.3 Å². The van der Waals surface area contributed by atoms with Crippen molar-refractivity contribution >= 4 is 17.5 Å². The highest BCUT2D eigenvalue weighted by Crippen LogP contribution is 2.04. The zero-order valence-electron chi connectivity index (χ0n) is 7.56. The molecular formula is C8H9N5O. The number of amides is 2. The molecule has 0 atom stereocenters. The fraction of sp³-hybridized carbons (Fsp3) is 0.125. The number of hydrogen-bond donors (Lipinski definition) is 2. The van der Waals surface area contributed by atoms with Gasteiger partial charge in [0.15, 0.2) is 11.5 Å². The summed E-state index contributed by atoms with van der Waals surface area (Å²) in [5.41, 5.74) is 0.743. The van der Waals surface area contributed by atoms with Gasteiger partial charge in [0.2, 0.25) is 0 Å². The van der Waals surface area contributed by atoms with Gasteiger partial charge in [-0.2, -0.15) is 0 Å². The van der Waals surface area contributed by atoms with Gasteiger partial charge in [-0.1, -0.05) is 0 Å². The molecule has 2 amide bonds. The Hall–Kier alpha value is -2.11. The highest BCUT2D eigenvalue weighted by molar-refractivity contribution is 5.87. The molecule has 0 unspecified atom stereocenters. The van der Waals surface area contributed by atoms with Crippen molar-refractivity contribution in [3.05, 3.63) is 24.5 Å². The van der Waals surface area contributed by atoms with E-state index in [-0.39, 0.29) is 6.03 Å². The average Bonchev–Trinajstić information content (AvgIpc) is 2.64. The number of rotatable bonds is 1. The smallest absolute Gasteiger partial charge is 0.320 e. The number of urea groups is 1. The van der Waals surface area contributed by atoms with Crippen LogP contribution in [0, 0.1) is 0 Å². The second-order valence-electron chi connectivity index (χ2n) is 2.65. The molecule has 6 heteroatoms. The minimum atomic E-state index is -0.294. The van der Waals surface area contributed by atoms with Crippen molar-refractivity contribution in [3.8, 4) is 0 Å². The van der Waals surface area contributed by atoms with Gasteiger partial charge >= 0.3 is 6.03 Å². The summed E-state index contributed by atoms with van der Waals surface area (Å²) in [5.74, 6) is 0.481. The molecule has 6 nitrogen and oxygen atoms in total. The van der Waals surface area contributed by atoms with Gasteiger partial charge in [0.1, 0.15) is 0 Å². The lowest BCUT2D eigenvalue weighted by Crippen LogP contribution is -2.25. The molecule has 0 saturated carbocycles. The second-order valence-corrected chi connectivity index (χ2v) is 2.65. The van der Waals surface area contributed by atoms with E-state index in [9.17, 15) is 4.79 Å². The monoisotopic (exact) mass is 191 g/mol. The molecule has 2 N–H and O–H groups in total. The SMILES string of the molecule is CNC(=O)Nc1ccc2nccn2n1. The Morgan fingerprint density at radius 3 is 3.14 bits per heavy atom. The van der Waals surface area contributed by atoms with E-state index in [2.05, 4.69) is 20.7 Å². The lowest BCUT2D eigenvalue weighted by Gasteiger charge is -2.02. The first-order chi connectivity index (χ1) is 6.79. The third kappa shape index (κ3) is 1.49. The Morgan fingerprint density at radius 2 is 2.36 bits per heavy atom. The summed E-state index contributed by atoms with van der Waals surface area (Å²) in [6.45, 7) is 0. The molecule has 0 spiro atoms. The maximum Gasteiger partial charge on any atom is 0.320 e. The van der Waals surface area contributed by atoms with Crippen LogP contribution in [0.25, 0.3) is 5.65 Å². The molecular weight excluding hydrogens is 182 g/mol. The fourth-order valence-electron chi connectivity index (χ4n) is 1.06. The molecule has 2 heterocycles. The molecule has 2 aromatic heterocycles. The van der Waals surface area contributed by atoms with Gasteiger partial charge in [-0.15, -0.1) is 5.10 Å². The topological polar surface area (TPSA) is 71.3 Å². The lowest BCUT2D eigenvalue weighted by molar-refractivity contribution is 0.254. The largest absolute Gasteiger partial charge is 0.341 e. The zero-order chi connectivity index (χ0) is 9.97. The zero-order valence-corrected chi connectivity index (χ0v) is 7.56. The van der Waals surface area contributed by atoms with Crippen LogP contribution in [0.15, 0.2) is 24.5 Å². The van der Waals surface area contributed by atoms with Crippen molar-refractivity contribution in [2.75, 3.05) is 12.4 Å². The number of hydrogen-bond acceptors (Lipinski definition) is 3. The van der Waals surface area contributed by atoms with Crippen LogP contribution in [0.2, 0.25) is 0 Å². The molecule has 0 bridgehead atoms. The number of imidazole rings is 1. The Labute approximate surface area is 79.9 Å². The van der Waals surface area contributed by atoms with E-state index >= 15 is 0 Å². The summed E-state index contributed by atoms with van der Waals surface area (Å²) in [7, 11) is 1.55. The summed E-state index contributed by atoms with van der Waals surface area (Å²) in [6, 6.07) is 3.17. The quantitative estimate of drug-likeness (QED) is 0.688. The number of nitrogens with zero attached hydrogens (tertiary/aromatic N) is 3. The standard InChI is InChI=1S/C8H9N5O/c1-9-8(14)11-6-2-3-7-10-4-5-13(7)12-6/h2-5H,1H3,(H2,9,11,12,14). The number of fused-ring (bicyclic) bond motifs is 1. The number of nitrogens with one attached hydrogen (secondary N) is 2. The Morgan fingerprint density at radius 1 is 1.50 bits per heavy atom. The first-order valence-electron chi connectivity index (χ1n) is 4.09. The molecule has 0 aliphatic heterocycles. The maximum atomic E-state index is 11.0. The van der Waals surface area contributed by atoms with E-state index in [1.807, 2.05) is 0 Å². The van der Waals surface area contributed by atoms with Crippen LogP contribution >= 0.6 is 0 Å². The first-order valence-corrected chi connectivity index (χ1v) is 4.09. The molecule has 0 aromatic carbocycles. The van der Waals surface area contributed by atoms with Crippen LogP contribution in [-0.4, -0.2) is 27.7 Å². The molecule has 0 aliphatic rings. The third-order valence-electron chi connectivity index (χ3n) is 1.72.